The number of allylic oxidation sites excluding steroid dienone is 2. The Morgan fingerprint density at radius 1 is 1.37 bits per heavy atom. The van der Waals surface area contributed by atoms with E-state index in [4.69, 9.17) is 16.2 Å². The van der Waals surface area contributed by atoms with Crippen LogP contribution >= 0.6 is 0 Å². The summed E-state index contributed by atoms with van der Waals surface area (Å²) in [4.78, 5) is 0. The summed E-state index contributed by atoms with van der Waals surface area (Å²) in [6.45, 7) is 5.20. The molecular formula is C20H27N5O2. The first-order valence-corrected chi connectivity index (χ1v) is 9.02. The van der Waals surface area contributed by atoms with Crippen molar-refractivity contribution in [2.24, 2.45) is 11.5 Å². The van der Waals surface area contributed by atoms with E-state index in [0.717, 1.165) is 25.1 Å². The molecular weight excluding hydrogens is 342 g/mol. The molecule has 1 atom stereocenters. The molecule has 1 fully saturated rings. The predicted octanol–water partition coefficient (Wildman–Crippen LogP) is 2.22. The van der Waals surface area contributed by atoms with Crippen LogP contribution < -0.4 is 16.8 Å². The molecule has 1 aromatic carbocycles. The van der Waals surface area contributed by atoms with Crippen LogP contribution in [-0.4, -0.2) is 33.1 Å². The largest absolute Gasteiger partial charge is 0.507 e. The standard InChI is InChI=1S/C20H27N5O2/c1-20(2)13-15(8-10-23-20)27-19(22)7-6-17(21)16-5-4-14(12-18(16)26)25-11-3-9-24-25/h3-7,9,11-12,15,23,26H,8,10,13,21-22H2,1-2H3/b17-6-,19-7+. The van der Waals surface area contributed by atoms with Crippen molar-refractivity contribution in [1.82, 2.24) is 15.1 Å². The van der Waals surface area contributed by atoms with Gasteiger partial charge in [0.1, 0.15) is 11.9 Å². The number of phenolic OH excluding ortho intramolecular Hbond substituents is 1. The van der Waals surface area contributed by atoms with Crippen LogP contribution in [0.3, 0.4) is 0 Å². The predicted molar refractivity (Wildman–Crippen MR) is 106 cm³/mol. The van der Waals surface area contributed by atoms with Crippen molar-refractivity contribution in [3.05, 3.63) is 60.3 Å². The van der Waals surface area contributed by atoms with Gasteiger partial charge in [-0.1, -0.05) is 0 Å². The van der Waals surface area contributed by atoms with Gasteiger partial charge in [-0.05, 0) is 57.2 Å². The van der Waals surface area contributed by atoms with Crippen molar-refractivity contribution in [2.75, 3.05) is 6.54 Å². The Balaban J connectivity index is 1.68. The Bertz CT molecular complexity index is 840. The number of nitrogens with one attached hydrogen (secondary N) is 1. The van der Waals surface area contributed by atoms with Crippen LogP contribution in [0.4, 0.5) is 0 Å². The molecule has 27 heavy (non-hydrogen) atoms. The highest BCUT2D eigenvalue weighted by molar-refractivity contribution is 5.70. The van der Waals surface area contributed by atoms with Gasteiger partial charge in [0.2, 0.25) is 0 Å². The zero-order valence-electron chi connectivity index (χ0n) is 15.7. The monoisotopic (exact) mass is 369 g/mol. The summed E-state index contributed by atoms with van der Waals surface area (Å²) in [5, 5.41) is 17.9. The van der Waals surface area contributed by atoms with Gasteiger partial charge in [-0.3, -0.25) is 0 Å². The average molecular weight is 369 g/mol. The van der Waals surface area contributed by atoms with Gasteiger partial charge < -0.3 is 26.6 Å². The van der Waals surface area contributed by atoms with E-state index in [0.29, 0.717) is 17.1 Å². The highest BCUT2D eigenvalue weighted by atomic mass is 16.5. The number of benzene rings is 1. The summed E-state index contributed by atoms with van der Waals surface area (Å²) in [5.41, 5.74) is 13.8. The highest BCUT2D eigenvalue weighted by Gasteiger charge is 2.28. The first-order chi connectivity index (χ1) is 12.8. The summed E-state index contributed by atoms with van der Waals surface area (Å²) in [6.07, 6.45) is 8.62. The summed E-state index contributed by atoms with van der Waals surface area (Å²) in [6, 6.07) is 7.02. The molecule has 2 heterocycles. The quantitative estimate of drug-likeness (QED) is 0.475. The second-order valence-electron chi connectivity index (χ2n) is 7.39. The van der Waals surface area contributed by atoms with Crippen LogP contribution in [0.2, 0.25) is 0 Å². The van der Waals surface area contributed by atoms with Gasteiger partial charge in [-0.2, -0.15) is 5.10 Å². The molecule has 7 heteroatoms. The molecule has 144 valence electrons. The SMILES string of the molecule is CC1(C)CC(O/C(N)=C/C=C(\N)c2ccc(-n3cccn3)cc2O)CCN1. The minimum Gasteiger partial charge on any atom is -0.507 e. The van der Waals surface area contributed by atoms with Gasteiger partial charge in [-0.15, -0.1) is 0 Å². The molecule has 0 amide bonds. The van der Waals surface area contributed by atoms with Crippen LogP contribution in [0.15, 0.2) is 54.7 Å². The molecule has 6 N–H and O–H groups in total. The minimum absolute atomic E-state index is 0.0418. The third-order valence-corrected chi connectivity index (χ3v) is 4.60. The summed E-state index contributed by atoms with van der Waals surface area (Å²) < 4.78 is 7.50. The molecule has 0 spiro atoms. The van der Waals surface area contributed by atoms with Crippen molar-refractivity contribution < 1.29 is 9.84 Å². The molecule has 0 radical (unpaired) electrons. The Morgan fingerprint density at radius 2 is 2.19 bits per heavy atom. The van der Waals surface area contributed by atoms with Crippen molar-refractivity contribution >= 4 is 5.70 Å². The molecule has 1 aliphatic rings. The molecule has 1 aliphatic heterocycles. The number of ether oxygens (including phenoxy) is 1. The van der Waals surface area contributed by atoms with Crippen LogP contribution in [0, 0.1) is 0 Å². The number of phenols is 1. The Hall–Kier alpha value is -2.93. The molecule has 2 aromatic rings. The molecule has 7 nitrogen and oxygen atoms in total. The zero-order chi connectivity index (χ0) is 19.4. The number of piperidine rings is 1. The van der Waals surface area contributed by atoms with Crippen molar-refractivity contribution in [3.63, 3.8) is 0 Å². The number of nitrogens with zero attached hydrogens (tertiary/aromatic N) is 2. The van der Waals surface area contributed by atoms with Gasteiger partial charge in [0.15, 0.2) is 5.88 Å². The van der Waals surface area contributed by atoms with E-state index in [1.807, 2.05) is 12.1 Å². The van der Waals surface area contributed by atoms with E-state index in [2.05, 4.69) is 24.3 Å². The maximum atomic E-state index is 10.3. The number of hydrogen-bond acceptors (Lipinski definition) is 6. The smallest absolute Gasteiger partial charge is 0.184 e. The molecule has 1 saturated heterocycles. The first kappa shape index (κ1) is 18.8. The second kappa shape index (κ2) is 7.75. The first-order valence-electron chi connectivity index (χ1n) is 9.02. The van der Waals surface area contributed by atoms with Gasteiger partial charge in [0.25, 0.3) is 0 Å². The minimum atomic E-state index is 0.0418. The fourth-order valence-corrected chi connectivity index (χ4v) is 3.24. The fourth-order valence-electron chi connectivity index (χ4n) is 3.24. The number of aromatic nitrogens is 2. The van der Waals surface area contributed by atoms with E-state index >= 15 is 0 Å². The molecule has 1 unspecified atom stereocenters. The lowest BCUT2D eigenvalue weighted by molar-refractivity contribution is 0.0533. The van der Waals surface area contributed by atoms with E-state index in [1.54, 1.807) is 41.4 Å². The van der Waals surface area contributed by atoms with Gasteiger partial charge >= 0.3 is 0 Å². The average Bonchev–Trinajstić information content (AvgIpc) is 3.13. The van der Waals surface area contributed by atoms with Crippen LogP contribution in [0.5, 0.6) is 5.75 Å². The molecule has 0 saturated carbocycles. The maximum absolute atomic E-state index is 10.3. The number of hydrogen-bond donors (Lipinski definition) is 4. The van der Waals surface area contributed by atoms with E-state index < -0.39 is 0 Å². The lowest BCUT2D eigenvalue weighted by Crippen LogP contribution is -2.48. The van der Waals surface area contributed by atoms with Gasteiger partial charge in [-0.25, -0.2) is 4.68 Å². The van der Waals surface area contributed by atoms with Crippen molar-refractivity contribution in [3.8, 4) is 11.4 Å². The Kier molecular flexibility index (Phi) is 5.41. The van der Waals surface area contributed by atoms with Gasteiger partial charge in [0.05, 0.1) is 5.69 Å². The summed E-state index contributed by atoms with van der Waals surface area (Å²) in [7, 11) is 0. The number of rotatable bonds is 5. The van der Waals surface area contributed by atoms with E-state index in [-0.39, 0.29) is 17.4 Å². The van der Waals surface area contributed by atoms with E-state index in [9.17, 15) is 5.11 Å². The zero-order valence-corrected chi connectivity index (χ0v) is 15.7. The highest BCUT2D eigenvalue weighted by Crippen LogP contribution is 2.25. The molecule has 3 rings (SSSR count). The maximum Gasteiger partial charge on any atom is 0.184 e. The van der Waals surface area contributed by atoms with Crippen molar-refractivity contribution in [1.29, 1.82) is 0 Å². The number of nitrogens with two attached hydrogens (primary N) is 2. The molecule has 0 aliphatic carbocycles. The van der Waals surface area contributed by atoms with Crippen molar-refractivity contribution in [2.45, 2.75) is 38.3 Å². The Morgan fingerprint density at radius 3 is 2.85 bits per heavy atom. The third-order valence-electron chi connectivity index (χ3n) is 4.60. The fraction of sp³-hybridized carbons (Fsp3) is 0.350. The lowest BCUT2D eigenvalue weighted by atomic mass is 9.91. The third kappa shape index (κ3) is 4.83. The normalized spacial score (nSPS) is 20.4. The molecule has 0 bridgehead atoms. The number of aromatic hydroxyl groups is 1. The van der Waals surface area contributed by atoms with Gasteiger partial charge in [0, 0.05) is 41.7 Å². The van der Waals surface area contributed by atoms with Crippen LogP contribution in [0.25, 0.3) is 11.4 Å². The Labute approximate surface area is 159 Å². The van der Waals surface area contributed by atoms with Crippen LogP contribution in [-0.2, 0) is 4.74 Å². The van der Waals surface area contributed by atoms with Crippen LogP contribution in [0.1, 0.15) is 32.3 Å². The lowest BCUT2D eigenvalue weighted by Gasteiger charge is -2.36. The molecule has 1 aromatic heterocycles. The second-order valence-corrected chi connectivity index (χ2v) is 7.39. The summed E-state index contributed by atoms with van der Waals surface area (Å²) >= 11 is 0. The van der Waals surface area contributed by atoms with E-state index in [1.165, 1.54) is 0 Å². The summed E-state index contributed by atoms with van der Waals surface area (Å²) in [5.74, 6) is 0.387. The topological polar surface area (TPSA) is 111 Å².